The Balaban J connectivity index is 0.00000210. The van der Waals surface area contributed by atoms with Gasteiger partial charge in [0, 0.05) is 31.3 Å². The van der Waals surface area contributed by atoms with Crippen molar-refractivity contribution in [2.24, 2.45) is 0 Å². The molecule has 1 N–H and O–H groups in total. The predicted octanol–water partition coefficient (Wildman–Crippen LogP) is 3.15. The van der Waals surface area contributed by atoms with E-state index in [1.807, 2.05) is 24.3 Å². The van der Waals surface area contributed by atoms with Gasteiger partial charge in [-0.3, -0.25) is 4.79 Å². The van der Waals surface area contributed by atoms with Crippen molar-refractivity contribution < 1.29 is 18.5 Å². The molecule has 1 aliphatic rings. The monoisotopic (exact) mass is 389 g/mol. The van der Waals surface area contributed by atoms with Gasteiger partial charge in [0.25, 0.3) is 5.91 Å². The van der Waals surface area contributed by atoms with Crippen molar-refractivity contribution in [1.82, 2.24) is 15.4 Å². The normalized spacial score (nSPS) is 16.6. The van der Waals surface area contributed by atoms with E-state index in [-0.39, 0.29) is 30.0 Å². The van der Waals surface area contributed by atoms with E-state index in [1.54, 1.807) is 36.5 Å². The van der Waals surface area contributed by atoms with Crippen molar-refractivity contribution in [1.29, 1.82) is 0 Å². The highest BCUT2D eigenvalue weighted by molar-refractivity contribution is 5.93. The number of aromatic nitrogens is 1. The van der Waals surface area contributed by atoms with Crippen LogP contribution in [0.4, 0.5) is 0 Å². The molecule has 4 rings (SSSR count). The third-order valence-corrected chi connectivity index (χ3v) is 4.50. The summed E-state index contributed by atoms with van der Waals surface area (Å²) in [6.45, 7) is 1.94. The number of methoxy groups -OCH3 is 1. The van der Waals surface area contributed by atoms with Gasteiger partial charge in [0.05, 0.1) is 19.4 Å². The molecule has 0 radical (unpaired) electrons. The van der Waals surface area contributed by atoms with E-state index in [0.717, 1.165) is 17.9 Å². The van der Waals surface area contributed by atoms with E-state index in [2.05, 4.69) is 10.5 Å². The van der Waals surface area contributed by atoms with Crippen LogP contribution in [0.1, 0.15) is 22.1 Å². The van der Waals surface area contributed by atoms with Crippen LogP contribution in [0.25, 0.3) is 11.5 Å². The van der Waals surface area contributed by atoms with Crippen LogP contribution in [-0.2, 0) is 0 Å². The predicted molar refractivity (Wildman–Crippen MR) is 101 cm³/mol. The quantitative estimate of drug-likeness (QED) is 0.738. The van der Waals surface area contributed by atoms with Crippen molar-refractivity contribution in [2.75, 3.05) is 26.7 Å². The summed E-state index contributed by atoms with van der Waals surface area (Å²) >= 11 is 0. The maximum atomic E-state index is 13.1. The number of amides is 1. The summed E-state index contributed by atoms with van der Waals surface area (Å²) in [6.07, 6.45) is 1.55. The molecule has 8 heteroatoms. The van der Waals surface area contributed by atoms with Crippen LogP contribution in [0.5, 0.6) is 5.75 Å². The average molecular weight is 390 g/mol. The van der Waals surface area contributed by atoms with Crippen LogP contribution in [0.2, 0.25) is 0 Å². The Hall–Kier alpha value is -2.77. The van der Waals surface area contributed by atoms with E-state index in [1.165, 1.54) is 0 Å². The molecule has 27 heavy (non-hydrogen) atoms. The van der Waals surface area contributed by atoms with Gasteiger partial charge in [-0.15, -0.1) is 12.4 Å². The van der Waals surface area contributed by atoms with E-state index < -0.39 is 0 Å². The molecule has 3 heterocycles. The Morgan fingerprint density at radius 2 is 2.11 bits per heavy atom. The zero-order valence-electron chi connectivity index (χ0n) is 14.8. The fourth-order valence-electron chi connectivity index (χ4n) is 3.22. The topological polar surface area (TPSA) is 80.7 Å². The molecular formula is C19H20ClN3O4. The van der Waals surface area contributed by atoms with E-state index in [9.17, 15) is 4.79 Å². The van der Waals surface area contributed by atoms with E-state index >= 15 is 0 Å². The molecule has 2 aromatic heterocycles. The van der Waals surface area contributed by atoms with Gasteiger partial charge in [-0.2, -0.15) is 0 Å². The average Bonchev–Trinajstić information content (AvgIpc) is 3.39. The molecule has 0 bridgehead atoms. The number of benzene rings is 1. The smallest absolute Gasteiger partial charge is 0.276 e. The van der Waals surface area contributed by atoms with Crippen LogP contribution in [0.15, 0.2) is 57.7 Å². The lowest BCUT2D eigenvalue weighted by atomic mass is 10.0. The molecule has 1 amide bonds. The fraction of sp³-hybridized carbons (Fsp3) is 0.263. The molecule has 1 fully saturated rings. The summed E-state index contributed by atoms with van der Waals surface area (Å²) in [5.74, 6) is 1.56. The van der Waals surface area contributed by atoms with Crippen molar-refractivity contribution in [3.8, 4) is 17.3 Å². The summed E-state index contributed by atoms with van der Waals surface area (Å²) in [5.41, 5.74) is 1.23. The van der Waals surface area contributed by atoms with Gasteiger partial charge in [0.2, 0.25) is 5.76 Å². The highest BCUT2D eigenvalue weighted by Crippen LogP contribution is 2.31. The number of furan rings is 1. The SMILES string of the molecule is COc1ccccc1C1CNCCN1C(=O)c1cc(-c2ccco2)on1.Cl. The first-order valence-corrected chi connectivity index (χ1v) is 8.43. The number of nitrogens with one attached hydrogen (secondary N) is 1. The molecule has 1 atom stereocenters. The first kappa shape index (κ1) is 19.0. The number of carbonyl (C=O) groups excluding carboxylic acids is 1. The molecule has 7 nitrogen and oxygen atoms in total. The Morgan fingerprint density at radius 3 is 2.89 bits per heavy atom. The largest absolute Gasteiger partial charge is 0.496 e. The first-order chi connectivity index (χ1) is 12.8. The lowest BCUT2D eigenvalue weighted by molar-refractivity contribution is 0.0621. The van der Waals surface area contributed by atoms with Crippen molar-refractivity contribution in [3.05, 3.63) is 60.0 Å². The van der Waals surface area contributed by atoms with E-state index in [4.69, 9.17) is 13.7 Å². The molecule has 0 spiro atoms. The van der Waals surface area contributed by atoms with E-state index in [0.29, 0.717) is 24.6 Å². The standard InChI is InChI=1S/C19H19N3O4.ClH/c1-24-16-6-3-2-5-13(16)15-12-20-8-9-22(15)19(23)14-11-18(26-21-14)17-7-4-10-25-17;/h2-7,10-11,15,20H,8-9,12H2,1H3;1H. The first-order valence-electron chi connectivity index (χ1n) is 8.43. The zero-order valence-corrected chi connectivity index (χ0v) is 15.6. The number of ether oxygens (including phenoxy) is 1. The molecule has 142 valence electrons. The zero-order chi connectivity index (χ0) is 17.9. The summed E-state index contributed by atoms with van der Waals surface area (Å²) in [4.78, 5) is 14.9. The molecule has 0 aliphatic carbocycles. The number of halogens is 1. The van der Waals surface area contributed by atoms with Crippen LogP contribution in [-0.4, -0.2) is 42.7 Å². The number of rotatable bonds is 4. The molecule has 1 saturated heterocycles. The number of hydrogen-bond acceptors (Lipinski definition) is 6. The number of piperazine rings is 1. The minimum absolute atomic E-state index is 0. The van der Waals surface area contributed by atoms with Gasteiger partial charge in [-0.05, 0) is 18.2 Å². The van der Waals surface area contributed by atoms with Crippen molar-refractivity contribution in [2.45, 2.75) is 6.04 Å². The van der Waals surface area contributed by atoms with Gasteiger partial charge < -0.3 is 23.9 Å². The third kappa shape index (κ3) is 3.70. The Kier molecular flexibility index (Phi) is 5.83. The van der Waals surface area contributed by atoms with Gasteiger partial charge in [-0.1, -0.05) is 23.4 Å². The lowest BCUT2D eigenvalue weighted by Gasteiger charge is -2.36. The maximum Gasteiger partial charge on any atom is 0.276 e. The van der Waals surface area contributed by atoms with Gasteiger partial charge >= 0.3 is 0 Å². The Morgan fingerprint density at radius 1 is 1.26 bits per heavy atom. The second-order valence-corrected chi connectivity index (χ2v) is 6.01. The Labute approximate surface area is 162 Å². The van der Waals surface area contributed by atoms with Crippen molar-refractivity contribution in [3.63, 3.8) is 0 Å². The lowest BCUT2D eigenvalue weighted by Crippen LogP contribution is -2.48. The van der Waals surface area contributed by atoms with Crippen LogP contribution < -0.4 is 10.1 Å². The molecular weight excluding hydrogens is 370 g/mol. The maximum absolute atomic E-state index is 13.1. The van der Waals surface area contributed by atoms with Crippen LogP contribution >= 0.6 is 12.4 Å². The summed E-state index contributed by atoms with van der Waals surface area (Å²) < 4.78 is 16.0. The van der Waals surface area contributed by atoms with Crippen LogP contribution in [0.3, 0.4) is 0 Å². The summed E-state index contributed by atoms with van der Waals surface area (Å²) in [7, 11) is 1.63. The number of para-hydroxylation sites is 1. The summed E-state index contributed by atoms with van der Waals surface area (Å²) in [5, 5.41) is 7.28. The van der Waals surface area contributed by atoms with Gasteiger partial charge in [0.1, 0.15) is 5.75 Å². The minimum atomic E-state index is -0.177. The molecule has 3 aromatic rings. The highest BCUT2D eigenvalue weighted by atomic mass is 35.5. The third-order valence-electron chi connectivity index (χ3n) is 4.50. The second-order valence-electron chi connectivity index (χ2n) is 6.01. The molecule has 1 aromatic carbocycles. The highest BCUT2D eigenvalue weighted by Gasteiger charge is 2.32. The van der Waals surface area contributed by atoms with Gasteiger partial charge in [0.15, 0.2) is 11.5 Å². The second kappa shape index (κ2) is 8.28. The molecule has 1 unspecified atom stereocenters. The molecule has 1 aliphatic heterocycles. The number of carbonyl (C=O) groups is 1. The Bertz CT molecular complexity index is 894. The molecule has 0 saturated carbocycles. The summed E-state index contributed by atoms with van der Waals surface area (Å²) in [6, 6.07) is 12.7. The number of nitrogens with zero attached hydrogens (tertiary/aromatic N) is 2. The van der Waals surface area contributed by atoms with Crippen molar-refractivity contribution >= 4 is 18.3 Å². The van der Waals surface area contributed by atoms with Crippen LogP contribution in [0, 0.1) is 0 Å². The van der Waals surface area contributed by atoms with Gasteiger partial charge in [-0.25, -0.2) is 0 Å². The number of hydrogen-bond donors (Lipinski definition) is 1. The fourth-order valence-corrected chi connectivity index (χ4v) is 3.22. The minimum Gasteiger partial charge on any atom is -0.496 e.